The molecule has 0 saturated carbocycles. The second kappa shape index (κ2) is 3.03. The van der Waals surface area contributed by atoms with Gasteiger partial charge >= 0.3 is 5.63 Å². The van der Waals surface area contributed by atoms with E-state index < -0.39 is 5.63 Å². The van der Waals surface area contributed by atoms with Crippen molar-refractivity contribution in [2.24, 2.45) is 0 Å². The van der Waals surface area contributed by atoms with Crippen LogP contribution in [0.4, 0.5) is 0 Å². The van der Waals surface area contributed by atoms with Crippen molar-refractivity contribution >= 4 is 22.6 Å². The highest BCUT2D eigenvalue weighted by Crippen LogP contribution is 2.29. The molecule has 0 amide bonds. The Balaban J connectivity index is 2.96. The molecule has 0 atom stereocenters. The van der Waals surface area contributed by atoms with Crippen molar-refractivity contribution in [3.8, 4) is 5.75 Å². The number of hydrogen-bond donors (Lipinski definition) is 1. The SMILES string of the molecule is Cc1cc(=O)oc2cc(O)c(Cl)cc12. The van der Waals surface area contributed by atoms with E-state index in [2.05, 4.69) is 0 Å². The van der Waals surface area contributed by atoms with Crippen molar-refractivity contribution in [2.45, 2.75) is 6.92 Å². The summed E-state index contributed by atoms with van der Waals surface area (Å²) in [7, 11) is 0. The maximum absolute atomic E-state index is 11.0. The first kappa shape index (κ1) is 9.09. The summed E-state index contributed by atoms with van der Waals surface area (Å²) >= 11 is 5.73. The molecule has 0 unspecified atom stereocenters. The molecule has 3 nitrogen and oxygen atoms in total. The Labute approximate surface area is 84.5 Å². The van der Waals surface area contributed by atoms with E-state index in [1.807, 2.05) is 0 Å². The van der Waals surface area contributed by atoms with Gasteiger partial charge in [0.05, 0.1) is 5.02 Å². The first-order valence-electron chi connectivity index (χ1n) is 4.01. The summed E-state index contributed by atoms with van der Waals surface area (Å²) in [4.78, 5) is 11.0. The van der Waals surface area contributed by atoms with Crippen molar-refractivity contribution in [3.63, 3.8) is 0 Å². The third-order valence-electron chi connectivity index (χ3n) is 2.02. The molecule has 4 heteroatoms. The van der Waals surface area contributed by atoms with Crippen molar-refractivity contribution in [3.05, 3.63) is 39.2 Å². The van der Waals surface area contributed by atoms with E-state index in [4.69, 9.17) is 16.0 Å². The number of phenolic OH excluding ortho intramolecular Hbond substituents is 1. The molecule has 0 aliphatic rings. The number of aryl methyl sites for hydroxylation is 1. The van der Waals surface area contributed by atoms with E-state index in [1.54, 1.807) is 13.0 Å². The molecule has 72 valence electrons. The Morgan fingerprint density at radius 2 is 2.07 bits per heavy atom. The topological polar surface area (TPSA) is 50.4 Å². The second-order valence-electron chi connectivity index (χ2n) is 3.05. The van der Waals surface area contributed by atoms with Gasteiger partial charge in [0.2, 0.25) is 0 Å². The molecule has 14 heavy (non-hydrogen) atoms. The molecule has 1 heterocycles. The van der Waals surface area contributed by atoms with Gasteiger partial charge in [-0.2, -0.15) is 0 Å². The summed E-state index contributed by atoms with van der Waals surface area (Å²) < 4.78 is 4.90. The fourth-order valence-corrected chi connectivity index (χ4v) is 1.49. The monoisotopic (exact) mass is 210 g/mol. The summed E-state index contributed by atoms with van der Waals surface area (Å²) in [6.45, 7) is 1.78. The highest BCUT2D eigenvalue weighted by atomic mass is 35.5. The lowest BCUT2D eigenvalue weighted by Crippen LogP contribution is -1.97. The van der Waals surface area contributed by atoms with Crippen LogP contribution in [0, 0.1) is 6.92 Å². The fourth-order valence-electron chi connectivity index (χ4n) is 1.33. The molecule has 0 aliphatic heterocycles. The van der Waals surface area contributed by atoms with Gasteiger partial charge in [0.25, 0.3) is 0 Å². The molecule has 0 bridgehead atoms. The molecule has 0 aliphatic carbocycles. The van der Waals surface area contributed by atoms with Gasteiger partial charge < -0.3 is 9.52 Å². The minimum atomic E-state index is -0.434. The third-order valence-corrected chi connectivity index (χ3v) is 2.32. The molecule has 0 fully saturated rings. The molecule has 1 aromatic carbocycles. The van der Waals surface area contributed by atoms with Gasteiger partial charge in [-0.1, -0.05) is 11.6 Å². The zero-order valence-corrected chi connectivity index (χ0v) is 8.13. The van der Waals surface area contributed by atoms with E-state index in [0.717, 1.165) is 10.9 Å². The van der Waals surface area contributed by atoms with Crippen LogP contribution < -0.4 is 5.63 Å². The first-order valence-corrected chi connectivity index (χ1v) is 4.38. The number of fused-ring (bicyclic) bond motifs is 1. The number of benzene rings is 1. The van der Waals surface area contributed by atoms with Gasteiger partial charge in [-0.25, -0.2) is 4.79 Å². The lowest BCUT2D eigenvalue weighted by Gasteiger charge is -2.02. The maximum Gasteiger partial charge on any atom is 0.336 e. The van der Waals surface area contributed by atoms with Gasteiger partial charge in [0, 0.05) is 17.5 Å². The molecule has 0 saturated heterocycles. The number of halogens is 1. The minimum absolute atomic E-state index is 0.0899. The van der Waals surface area contributed by atoms with E-state index in [-0.39, 0.29) is 10.8 Å². The molecule has 1 aromatic heterocycles. The standard InChI is InChI=1S/C10H7ClO3/c1-5-2-10(13)14-9-4-8(12)7(11)3-6(5)9/h2-4,12H,1H3. The number of phenols is 1. The molecule has 1 N–H and O–H groups in total. The summed E-state index contributed by atoms with van der Waals surface area (Å²) in [6, 6.07) is 4.30. The molecule has 0 spiro atoms. The van der Waals surface area contributed by atoms with Crippen LogP contribution in [0.5, 0.6) is 5.75 Å². The number of hydrogen-bond acceptors (Lipinski definition) is 3. The summed E-state index contributed by atoms with van der Waals surface area (Å²) in [6.07, 6.45) is 0. The predicted molar refractivity (Wildman–Crippen MR) is 53.9 cm³/mol. The van der Waals surface area contributed by atoms with Crippen molar-refractivity contribution in [1.82, 2.24) is 0 Å². The van der Waals surface area contributed by atoms with Crippen molar-refractivity contribution in [1.29, 1.82) is 0 Å². The van der Waals surface area contributed by atoms with Crippen LogP contribution in [0.1, 0.15) is 5.56 Å². The lowest BCUT2D eigenvalue weighted by molar-refractivity contribution is 0.473. The summed E-state index contributed by atoms with van der Waals surface area (Å²) in [5.74, 6) is -0.0899. The first-order chi connectivity index (χ1) is 6.58. The molecule has 0 radical (unpaired) electrons. The van der Waals surface area contributed by atoms with Crippen LogP contribution in [0.25, 0.3) is 11.0 Å². The zero-order valence-electron chi connectivity index (χ0n) is 7.37. The molecule has 2 aromatic rings. The highest BCUT2D eigenvalue weighted by molar-refractivity contribution is 6.32. The Hall–Kier alpha value is -1.48. The van der Waals surface area contributed by atoms with E-state index >= 15 is 0 Å². The Bertz CT molecular complexity index is 557. The van der Waals surface area contributed by atoms with Gasteiger partial charge in [-0.05, 0) is 18.6 Å². The van der Waals surface area contributed by atoms with Crippen LogP contribution in [0.2, 0.25) is 5.02 Å². The smallest absolute Gasteiger partial charge is 0.336 e. The van der Waals surface area contributed by atoms with E-state index in [9.17, 15) is 9.90 Å². The molecule has 2 rings (SSSR count). The van der Waals surface area contributed by atoms with Gasteiger partial charge in [-0.15, -0.1) is 0 Å². The predicted octanol–water partition coefficient (Wildman–Crippen LogP) is 2.46. The second-order valence-corrected chi connectivity index (χ2v) is 3.46. The molecular weight excluding hydrogens is 204 g/mol. The van der Waals surface area contributed by atoms with Gasteiger partial charge in [-0.3, -0.25) is 0 Å². The summed E-state index contributed by atoms with van der Waals surface area (Å²) in [5.41, 5.74) is 0.687. The van der Waals surface area contributed by atoms with Crippen molar-refractivity contribution < 1.29 is 9.52 Å². The van der Waals surface area contributed by atoms with Crippen LogP contribution in [-0.2, 0) is 0 Å². The number of aromatic hydroxyl groups is 1. The third kappa shape index (κ3) is 1.36. The largest absolute Gasteiger partial charge is 0.506 e. The number of rotatable bonds is 0. The van der Waals surface area contributed by atoms with E-state index in [0.29, 0.717) is 5.58 Å². The van der Waals surface area contributed by atoms with E-state index in [1.165, 1.54) is 12.1 Å². The Morgan fingerprint density at radius 3 is 2.79 bits per heavy atom. The zero-order chi connectivity index (χ0) is 10.3. The Kier molecular flexibility index (Phi) is 1.97. The Morgan fingerprint density at radius 1 is 1.36 bits per heavy atom. The van der Waals surface area contributed by atoms with Gasteiger partial charge in [0.1, 0.15) is 11.3 Å². The average Bonchev–Trinajstić information content (AvgIpc) is 2.08. The summed E-state index contributed by atoms with van der Waals surface area (Å²) in [5, 5.41) is 10.3. The lowest BCUT2D eigenvalue weighted by atomic mass is 10.1. The van der Waals surface area contributed by atoms with Crippen LogP contribution >= 0.6 is 11.6 Å². The van der Waals surface area contributed by atoms with Crippen LogP contribution in [-0.4, -0.2) is 5.11 Å². The van der Waals surface area contributed by atoms with Crippen LogP contribution in [0.15, 0.2) is 27.4 Å². The van der Waals surface area contributed by atoms with Crippen LogP contribution in [0.3, 0.4) is 0 Å². The highest BCUT2D eigenvalue weighted by Gasteiger charge is 2.06. The van der Waals surface area contributed by atoms with Crippen molar-refractivity contribution in [2.75, 3.05) is 0 Å². The minimum Gasteiger partial charge on any atom is -0.506 e. The maximum atomic E-state index is 11.0. The normalized spacial score (nSPS) is 10.7. The fraction of sp³-hybridized carbons (Fsp3) is 0.100. The average molecular weight is 211 g/mol. The molecular formula is C10H7ClO3. The quantitative estimate of drug-likeness (QED) is 0.680. The van der Waals surface area contributed by atoms with Gasteiger partial charge in [0.15, 0.2) is 0 Å².